The molecule has 1 aliphatic heterocycles. The number of amides is 2. The van der Waals surface area contributed by atoms with Gasteiger partial charge in [-0.1, -0.05) is 50.4 Å². The average molecular weight is 458 g/mol. The number of carbonyl (C=O) groups excluding carboxylic acids is 2. The fraction of sp³-hybridized carbons (Fsp3) is 0.583. The molecule has 3 rings (SSSR count). The van der Waals surface area contributed by atoms with Crippen LogP contribution in [0.5, 0.6) is 0 Å². The number of aromatic nitrogens is 2. The third kappa shape index (κ3) is 6.51. The van der Waals surface area contributed by atoms with E-state index < -0.39 is 6.04 Å². The SMILES string of the molecule is CCCCCCCCC(=O)N1CCC[C@@H]1C(=O)Nc1nnc(-c2ccc(N(C)C)cc2)s1. The quantitative estimate of drug-likeness (QED) is 0.483. The summed E-state index contributed by atoms with van der Waals surface area (Å²) in [5.74, 6) is -0.0680. The van der Waals surface area contributed by atoms with E-state index in [-0.39, 0.29) is 11.8 Å². The molecule has 0 radical (unpaired) electrons. The summed E-state index contributed by atoms with van der Waals surface area (Å²) in [6.07, 6.45) is 8.98. The summed E-state index contributed by atoms with van der Waals surface area (Å²) >= 11 is 1.35. The van der Waals surface area contributed by atoms with Gasteiger partial charge in [0.1, 0.15) is 11.0 Å². The van der Waals surface area contributed by atoms with Gasteiger partial charge in [-0.2, -0.15) is 0 Å². The molecular formula is C24H35N5O2S. The van der Waals surface area contributed by atoms with Crippen molar-refractivity contribution in [3.05, 3.63) is 24.3 Å². The van der Waals surface area contributed by atoms with Crippen molar-refractivity contribution in [2.45, 2.75) is 70.8 Å². The third-order valence-corrected chi connectivity index (χ3v) is 6.79. The highest BCUT2D eigenvalue weighted by Crippen LogP contribution is 2.29. The molecule has 1 atom stereocenters. The van der Waals surface area contributed by atoms with Crippen LogP contribution in [0.15, 0.2) is 24.3 Å². The van der Waals surface area contributed by atoms with Crippen molar-refractivity contribution < 1.29 is 9.59 Å². The minimum atomic E-state index is -0.408. The fourth-order valence-electron chi connectivity index (χ4n) is 4.02. The minimum Gasteiger partial charge on any atom is -0.378 e. The molecule has 0 aliphatic carbocycles. The van der Waals surface area contributed by atoms with Crippen LogP contribution in [0.3, 0.4) is 0 Å². The molecule has 2 heterocycles. The lowest BCUT2D eigenvalue weighted by atomic mass is 10.1. The summed E-state index contributed by atoms with van der Waals surface area (Å²) in [6, 6.07) is 7.65. The highest BCUT2D eigenvalue weighted by atomic mass is 32.1. The van der Waals surface area contributed by atoms with Crippen LogP contribution in [0.4, 0.5) is 10.8 Å². The van der Waals surface area contributed by atoms with Crippen LogP contribution in [-0.2, 0) is 9.59 Å². The van der Waals surface area contributed by atoms with Gasteiger partial charge in [-0.05, 0) is 43.5 Å². The van der Waals surface area contributed by atoms with Crippen LogP contribution in [0.2, 0.25) is 0 Å². The summed E-state index contributed by atoms with van der Waals surface area (Å²) in [4.78, 5) is 29.3. The number of unbranched alkanes of at least 4 members (excludes halogenated alkanes) is 5. The number of hydrogen-bond acceptors (Lipinski definition) is 6. The fourth-order valence-corrected chi connectivity index (χ4v) is 4.77. The maximum absolute atomic E-state index is 12.9. The summed E-state index contributed by atoms with van der Waals surface area (Å²) in [7, 11) is 4.00. The van der Waals surface area contributed by atoms with E-state index in [1.54, 1.807) is 4.90 Å². The Morgan fingerprint density at radius 2 is 1.81 bits per heavy atom. The van der Waals surface area contributed by atoms with Crippen molar-refractivity contribution in [1.82, 2.24) is 15.1 Å². The predicted molar refractivity (Wildman–Crippen MR) is 131 cm³/mol. The molecule has 0 spiro atoms. The number of benzene rings is 1. The Kier molecular flexibility index (Phi) is 9.02. The lowest BCUT2D eigenvalue weighted by Gasteiger charge is -2.23. The minimum absolute atomic E-state index is 0.0945. The molecule has 1 aromatic carbocycles. The smallest absolute Gasteiger partial charge is 0.249 e. The Bertz CT molecular complexity index is 881. The van der Waals surface area contributed by atoms with Gasteiger partial charge in [-0.3, -0.25) is 14.9 Å². The van der Waals surface area contributed by atoms with Gasteiger partial charge in [0.05, 0.1) is 0 Å². The average Bonchev–Trinajstić information content (AvgIpc) is 3.46. The van der Waals surface area contributed by atoms with Gasteiger partial charge < -0.3 is 9.80 Å². The second-order valence-corrected chi connectivity index (χ2v) is 9.58. The number of nitrogens with one attached hydrogen (secondary N) is 1. The second-order valence-electron chi connectivity index (χ2n) is 8.61. The maximum atomic E-state index is 12.9. The van der Waals surface area contributed by atoms with Crippen molar-refractivity contribution >= 4 is 34.0 Å². The van der Waals surface area contributed by atoms with Gasteiger partial charge in [0.25, 0.3) is 0 Å². The summed E-state index contributed by atoms with van der Waals surface area (Å²) in [6.45, 7) is 2.86. The first-order valence-electron chi connectivity index (χ1n) is 11.7. The lowest BCUT2D eigenvalue weighted by molar-refractivity contribution is -0.136. The molecule has 174 valence electrons. The zero-order valence-corrected chi connectivity index (χ0v) is 20.3. The van der Waals surface area contributed by atoms with E-state index >= 15 is 0 Å². The van der Waals surface area contributed by atoms with E-state index in [2.05, 4.69) is 22.4 Å². The van der Waals surface area contributed by atoms with Gasteiger partial charge in [0, 0.05) is 38.3 Å². The second kappa shape index (κ2) is 11.9. The van der Waals surface area contributed by atoms with E-state index in [1.807, 2.05) is 43.3 Å². The van der Waals surface area contributed by atoms with Gasteiger partial charge in [-0.25, -0.2) is 0 Å². The standard InChI is InChI=1S/C24H35N5O2S/c1-4-5-6-7-8-9-12-21(30)29-17-10-11-20(29)22(31)25-24-27-26-23(32-24)18-13-15-19(16-14-18)28(2)3/h13-16,20H,4-12,17H2,1-3H3,(H,25,27,31)/t20-/m1/s1. The normalized spacial score (nSPS) is 15.7. The zero-order chi connectivity index (χ0) is 22.9. The molecule has 0 unspecified atom stereocenters. The molecule has 8 heteroatoms. The summed E-state index contributed by atoms with van der Waals surface area (Å²) in [5.41, 5.74) is 2.07. The lowest BCUT2D eigenvalue weighted by Crippen LogP contribution is -2.43. The Morgan fingerprint density at radius 3 is 2.53 bits per heavy atom. The highest BCUT2D eigenvalue weighted by Gasteiger charge is 2.34. The number of hydrogen-bond donors (Lipinski definition) is 1. The zero-order valence-electron chi connectivity index (χ0n) is 19.5. The maximum Gasteiger partial charge on any atom is 0.249 e. The van der Waals surface area contributed by atoms with Crippen molar-refractivity contribution in [1.29, 1.82) is 0 Å². The molecule has 1 aromatic heterocycles. The van der Waals surface area contributed by atoms with Crippen molar-refractivity contribution in [2.24, 2.45) is 0 Å². The summed E-state index contributed by atoms with van der Waals surface area (Å²) in [5, 5.41) is 12.5. The highest BCUT2D eigenvalue weighted by molar-refractivity contribution is 7.18. The van der Waals surface area contributed by atoms with Gasteiger partial charge in [-0.15, -0.1) is 10.2 Å². The first-order chi connectivity index (χ1) is 15.5. The first kappa shape index (κ1) is 24.2. The molecule has 1 saturated heterocycles. The van der Waals surface area contributed by atoms with Crippen molar-refractivity contribution in [3.63, 3.8) is 0 Å². The van der Waals surface area contributed by atoms with Crippen molar-refractivity contribution in [2.75, 3.05) is 30.9 Å². The van der Waals surface area contributed by atoms with Gasteiger partial charge in [0.2, 0.25) is 16.9 Å². The third-order valence-electron chi connectivity index (χ3n) is 5.91. The molecule has 7 nitrogen and oxygen atoms in total. The van der Waals surface area contributed by atoms with Crippen LogP contribution in [0, 0.1) is 0 Å². The largest absolute Gasteiger partial charge is 0.378 e. The molecule has 1 fully saturated rings. The first-order valence-corrected chi connectivity index (χ1v) is 12.5. The molecule has 2 aromatic rings. The van der Waals surface area contributed by atoms with E-state index in [4.69, 9.17) is 0 Å². The Hall–Kier alpha value is -2.48. The van der Waals surface area contributed by atoms with Crippen LogP contribution >= 0.6 is 11.3 Å². The molecular weight excluding hydrogens is 422 g/mol. The van der Waals surface area contributed by atoms with Gasteiger partial charge >= 0.3 is 0 Å². The Balaban J connectivity index is 1.52. The topological polar surface area (TPSA) is 78.4 Å². The van der Waals surface area contributed by atoms with E-state index in [0.29, 0.717) is 24.5 Å². The molecule has 32 heavy (non-hydrogen) atoms. The Labute approximate surface area is 195 Å². The van der Waals surface area contributed by atoms with Crippen LogP contribution in [0.25, 0.3) is 10.6 Å². The predicted octanol–water partition coefficient (Wildman–Crippen LogP) is 4.95. The molecule has 0 bridgehead atoms. The monoisotopic (exact) mass is 457 g/mol. The number of carbonyl (C=O) groups is 2. The number of likely N-dealkylation sites (tertiary alicyclic amines) is 1. The Morgan fingerprint density at radius 1 is 1.09 bits per heavy atom. The van der Waals surface area contributed by atoms with Crippen LogP contribution in [-0.4, -0.2) is 53.6 Å². The molecule has 2 amide bonds. The van der Waals surface area contributed by atoms with E-state index in [9.17, 15) is 9.59 Å². The number of anilines is 2. The van der Waals surface area contributed by atoms with E-state index in [1.165, 1.54) is 37.0 Å². The van der Waals surface area contributed by atoms with Crippen LogP contribution < -0.4 is 10.2 Å². The van der Waals surface area contributed by atoms with E-state index in [0.717, 1.165) is 35.5 Å². The molecule has 0 saturated carbocycles. The molecule has 1 N–H and O–H groups in total. The number of rotatable bonds is 11. The number of nitrogens with zero attached hydrogens (tertiary/aromatic N) is 4. The summed E-state index contributed by atoms with van der Waals surface area (Å²) < 4.78 is 0. The molecule has 1 aliphatic rings. The van der Waals surface area contributed by atoms with Gasteiger partial charge in [0.15, 0.2) is 0 Å². The van der Waals surface area contributed by atoms with Crippen LogP contribution in [0.1, 0.15) is 64.7 Å². The van der Waals surface area contributed by atoms with Crippen molar-refractivity contribution in [3.8, 4) is 10.6 Å².